The summed E-state index contributed by atoms with van der Waals surface area (Å²) in [6.45, 7) is 1.85. The molecule has 0 aliphatic carbocycles. The predicted octanol–water partition coefficient (Wildman–Crippen LogP) is 4.11. The van der Waals surface area contributed by atoms with E-state index < -0.39 is 29.4 Å². The lowest BCUT2D eigenvalue weighted by Gasteiger charge is -2.13. The summed E-state index contributed by atoms with van der Waals surface area (Å²) >= 11 is 5.80. The van der Waals surface area contributed by atoms with E-state index in [1.165, 1.54) is 0 Å². The quantitative estimate of drug-likeness (QED) is 0.709. The van der Waals surface area contributed by atoms with Crippen molar-refractivity contribution in [3.63, 3.8) is 0 Å². The normalized spacial score (nSPS) is 11.1. The SMILES string of the molecule is Cc1ccc(C(=O)Nc2cc(Cl)c(NC(=O)C(F)(F)F)cc2O)cc1. The first-order valence-electron chi connectivity index (χ1n) is 6.86. The summed E-state index contributed by atoms with van der Waals surface area (Å²) in [5, 5.41) is 13.5. The van der Waals surface area contributed by atoms with Crippen LogP contribution in [0.1, 0.15) is 15.9 Å². The van der Waals surface area contributed by atoms with Crippen LogP contribution < -0.4 is 10.6 Å². The Bertz CT molecular complexity index is 821. The molecule has 0 saturated heterocycles. The third-order valence-corrected chi connectivity index (χ3v) is 3.47. The maximum atomic E-state index is 12.3. The van der Waals surface area contributed by atoms with E-state index in [0.29, 0.717) is 5.56 Å². The molecule has 0 radical (unpaired) electrons. The first kappa shape index (κ1) is 18.6. The molecule has 2 aromatic carbocycles. The van der Waals surface area contributed by atoms with Gasteiger partial charge >= 0.3 is 12.1 Å². The van der Waals surface area contributed by atoms with E-state index in [1.807, 2.05) is 6.92 Å². The van der Waals surface area contributed by atoms with E-state index in [0.717, 1.165) is 17.7 Å². The second-order valence-electron chi connectivity index (χ2n) is 5.12. The van der Waals surface area contributed by atoms with Crippen molar-refractivity contribution in [2.75, 3.05) is 10.6 Å². The highest BCUT2D eigenvalue weighted by Gasteiger charge is 2.39. The van der Waals surface area contributed by atoms with Crippen LogP contribution >= 0.6 is 11.6 Å². The second-order valence-corrected chi connectivity index (χ2v) is 5.53. The third-order valence-electron chi connectivity index (χ3n) is 3.15. The van der Waals surface area contributed by atoms with Gasteiger partial charge in [0.25, 0.3) is 5.91 Å². The van der Waals surface area contributed by atoms with Gasteiger partial charge in [-0.1, -0.05) is 29.3 Å². The van der Waals surface area contributed by atoms with Crippen LogP contribution in [-0.2, 0) is 4.79 Å². The summed E-state index contributed by atoms with van der Waals surface area (Å²) in [7, 11) is 0. The molecule has 25 heavy (non-hydrogen) atoms. The number of hydrogen-bond acceptors (Lipinski definition) is 3. The highest BCUT2D eigenvalue weighted by molar-refractivity contribution is 6.34. The predicted molar refractivity (Wildman–Crippen MR) is 86.9 cm³/mol. The van der Waals surface area contributed by atoms with Crippen molar-refractivity contribution in [2.24, 2.45) is 0 Å². The van der Waals surface area contributed by atoms with Crippen molar-refractivity contribution in [3.05, 3.63) is 52.5 Å². The number of benzene rings is 2. The summed E-state index contributed by atoms with van der Waals surface area (Å²) in [4.78, 5) is 23.0. The minimum absolute atomic E-state index is 0.111. The molecule has 0 heterocycles. The molecule has 2 amide bonds. The fourth-order valence-electron chi connectivity index (χ4n) is 1.85. The van der Waals surface area contributed by atoms with E-state index in [-0.39, 0.29) is 10.7 Å². The zero-order valence-corrected chi connectivity index (χ0v) is 13.5. The molecule has 0 aromatic heterocycles. The lowest BCUT2D eigenvalue weighted by atomic mass is 10.1. The maximum Gasteiger partial charge on any atom is 0.471 e. The van der Waals surface area contributed by atoms with Crippen LogP contribution in [0.5, 0.6) is 5.75 Å². The number of phenolic OH excluding ortho intramolecular Hbond substituents is 1. The van der Waals surface area contributed by atoms with Crippen LogP contribution in [0.3, 0.4) is 0 Å². The van der Waals surface area contributed by atoms with E-state index in [4.69, 9.17) is 11.6 Å². The number of phenols is 1. The summed E-state index contributed by atoms with van der Waals surface area (Å²) in [5.41, 5.74) is 0.721. The Labute approximate surface area is 145 Å². The Kier molecular flexibility index (Phi) is 5.22. The molecular weight excluding hydrogens is 361 g/mol. The first-order chi connectivity index (χ1) is 11.6. The summed E-state index contributed by atoms with van der Waals surface area (Å²) in [5.74, 6) is -3.33. The fraction of sp³-hybridized carbons (Fsp3) is 0.125. The molecule has 0 fully saturated rings. The molecule has 5 nitrogen and oxygen atoms in total. The molecule has 2 rings (SSSR count). The Morgan fingerprint density at radius 1 is 1.04 bits per heavy atom. The van der Waals surface area contributed by atoms with Gasteiger partial charge in [0.15, 0.2) is 0 Å². The van der Waals surface area contributed by atoms with Crippen LogP contribution in [0.25, 0.3) is 0 Å². The number of aromatic hydroxyl groups is 1. The standard InChI is InChI=1S/C16H12ClF3N2O3/c1-8-2-4-9(5-3-8)14(24)21-12-6-10(17)11(7-13(12)23)22-15(25)16(18,19)20/h2-7,23H,1H3,(H,21,24)(H,22,25). The van der Waals surface area contributed by atoms with Crippen molar-refractivity contribution in [1.82, 2.24) is 0 Å². The van der Waals surface area contributed by atoms with Gasteiger partial charge in [0.05, 0.1) is 16.4 Å². The van der Waals surface area contributed by atoms with E-state index in [2.05, 4.69) is 5.32 Å². The van der Waals surface area contributed by atoms with Gasteiger partial charge in [0.2, 0.25) is 0 Å². The highest BCUT2D eigenvalue weighted by atomic mass is 35.5. The average molecular weight is 373 g/mol. The number of anilines is 2. The van der Waals surface area contributed by atoms with Crippen molar-refractivity contribution in [1.29, 1.82) is 0 Å². The van der Waals surface area contributed by atoms with Crippen molar-refractivity contribution in [3.8, 4) is 5.75 Å². The van der Waals surface area contributed by atoms with Crippen molar-refractivity contribution >= 4 is 34.8 Å². The Hall–Kier alpha value is -2.74. The van der Waals surface area contributed by atoms with Gasteiger partial charge in [-0.2, -0.15) is 13.2 Å². The second kappa shape index (κ2) is 7.02. The molecule has 0 unspecified atom stereocenters. The van der Waals surface area contributed by atoms with Crippen LogP contribution in [-0.4, -0.2) is 23.1 Å². The number of halogens is 4. The smallest absolute Gasteiger partial charge is 0.471 e. The number of rotatable bonds is 3. The maximum absolute atomic E-state index is 12.3. The molecule has 132 valence electrons. The van der Waals surface area contributed by atoms with Crippen LogP contribution in [0.4, 0.5) is 24.5 Å². The van der Waals surface area contributed by atoms with Crippen LogP contribution in [0, 0.1) is 6.92 Å². The minimum Gasteiger partial charge on any atom is -0.506 e. The molecule has 0 bridgehead atoms. The molecule has 2 aromatic rings. The lowest BCUT2D eigenvalue weighted by molar-refractivity contribution is -0.167. The van der Waals surface area contributed by atoms with Gasteiger partial charge in [-0.15, -0.1) is 0 Å². The number of alkyl halides is 3. The van der Waals surface area contributed by atoms with Gasteiger partial charge in [-0.3, -0.25) is 9.59 Å². The monoisotopic (exact) mass is 372 g/mol. The lowest BCUT2D eigenvalue weighted by Crippen LogP contribution is -2.30. The fourth-order valence-corrected chi connectivity index (χ4v) is 2.06. The number of carbonyl (C=O) groups is 2. The molecular formula is C16H12ClF3N2O3. The minimum atomic E-state index is -5.10. The van der Waals surface area contributed by atoms with E-state index in [9.17, 15) is 27.9 Å². The number of nitrogens with one attached hydrogen (secondary N) is 2. The summed E-state index contributed by atoms with van der Waals surface area (Å²) in [6.07, 6.45) is -5.10. The highest BCUT2D eigenvalue weighted by Crippen LogP contribution is 2.34. The Balaban J connectivity index is 2.20. The number of amides is 2. The van der Waals surface area contributed by atoms with Gasteiger partial charge in [0, 0.05) is 11.6 Å². The molecule has 3 N–H and O–H groups in total. The zero-order chi connectivity index (χ0) is 18.8. The van der Waals surface area contributed by atoms with E-state index >= 15 is 0 Å². The summed E-state index contributed by atoms with van der Waals surface area (Å²) in [6, 6.07) is 8.43. The van der Waals surface area contributed by atoms with E-state index in [1.54, 1.807) is 29.6 Å². The topological polar surface area (TPSA) is 78.4 Å². The van der Waals surface area contributed by atoms with Gasteiger partial charge in [-0.05, 0) is 25.1 Å². The zero-order valence-electron chi connectivity index (χ0n) is 12.7. The number of aryl methyl sites for hydroxylation is 1. The van der Waals surface area contributed by atoms with Crippen LogP contribution in [0.2, 0.25) is 5.02 Å². The van der Waals surface area contributed by atoms with Crippen LogP contribution in [0.15, 0.2) is 36.4 Å². The number of hydrogen-bond donors (Lipinski definition) is 3. The summed E-state index contributed by atoms with van der Waals surface area (Å²) < 4.78 is 36.8. The molecule has 0 aliphatic heterocycles. The average Bonchev–Trinajstić information content (AvgIpc) is 2.51. The molecule has 9 heteroatoms. The first-order valence-corrected chi connectivity index (χ1v) is 7.24. The molecule has 0 spiro atoms. The Morgan fingerprint density at radius 3 is 2.20 bits per heavy atom. The third kappa shape index (κ3) is 4.63. The van der Waals surface area contributed by atoms with Crippen molar-refractivity contribution < 1.29 is 27.9 Å². The largest absolute Gasteiger partial charge is 0.506 e. The van der Waals surface area contributed by atoms with Gasteiger partial charge in [0.1, 0.15) is 5.75 Å². The Morgan fingerprint density at radius 2 is 1.64 bits per heavy atom. The molecule has 0 atom stereocenters. The van der Waals surface area contributed by atoms with Gasteiger partial charge in [-0.25, -0.2) is 0 Å². The van der Waals surface area contributed by atoms with Gasteiger partial charge < -0.3 is 15.7 Å². The molecule has 0 aliphatic rings. The number of carbonyl (C=O) groups excluding carboxylic acids is 2. The van der Waals surface area contributed by atoms with Crippen molar-refractivity contribution in [2.45, 2.75) is 13.1 Å². The molecule has 0 saturated carbocycles.